The Morgan fingerprint density at radius 2 is 1.41 bits per heavy atom. The molecule has 0 N–H and O–H groups in total. The van der Waals surface area contributed by atoms with Crippen molar-refractivity contribution < 1.29 is 37.0 Å². The third kappa shape index (κ3) is 9.32. The summed E-state index contributed by atoms with van der Waals surface area (Å²) in [6.07, 6.45) is -4.63. The zero-order chi connectivity index (χ0) is 37.9. The molecule has 2 amide bonds. The highest BCUT2D eigenvalue weighted by Gasteiger charge is 2.61. The molecule has 1 aliphatic rings. The number of rotatable bonds is 7. The number of amides is 2. The number of imidazole rings is 1. The van der Waals surface area contributed by atoms with Crippen molar-refractivity contribution in [1.82, 2.24) is 19.5 Å². The number of alkyl halides is 2. The number of hydrogen-bond acceptors (Lipinski definition) is 10. The van der Waals surface area contributed by atoms with Crippen molar-refractivity contribution >= 4 is 69.1 Å². The Kier molecular flexibility index (Phi) is 11.5. The Labute approximate surface area is 301 Å². The van der Waals surface area contributed by atoms with Gasteiger partial charge in [0, 0.05) is 0 Å². The Morgan fingerprint density at radius 3 is 1.86 bits per heavy atom. The van der Waals surface area contributed by atoms with Gasteiger partial charge >= 0.3 is 12.2 Å². The summed E-state index contributed by atoms with van der Waals surface area (Å²) in [4.78, 5) is 40.2. The summed E-state index contributed by atoms with van der Waals surface area (Å²) in [7, 11) is -4.91. The van der Waals surface area contributed by atoms with E-state index in [2.05, 4.69) is 48.8 Å². The van der Waals surface area contributed by atoms with Gasteiger partial charge in [-0.2, -0.15) is 9.97 Å². The van der Waals surface area contributed by atoms with E-state index in [0.29, 0.717) is 4.90 Å². The van der Waals surface area contributed by atoms with Crippen LogP contribution in [-0.4, -0.2) is 83.5 Å². The Balaban J connectivity index is 2.18. The van der Waals surface area contributed by atoms with Crippen LogP contribution >= 0.6 is 23.2 Å². The zero-order valence-corrected chi connectivity index (χ0v) is 35.3. The van der Waals surface area contributed by atoms with Gasteiger partial charge < -0.3 is 23.1 Å². The number of aromatic nitrogens is 4. The summed E-state index contributed by atoms with van der Waals surface area (Å²) in [5.74, 6) is -0.480. The van der Waals surface area contributed by atoms with E-state index >= 15 is 4.39 Å². The first-order chi connectivity index (χ1) is 21.8. The topological polar surface area (TPSA) is 127 Å². The molecule has 2 aromatic rings. The van der Waals surface area contributed by atoms with Crippen molar-refractivity contribution in [3.05, 3.63) is 11.5 Å². The van der Waals surface area contributed by atoms with E-state index in [0.717, 1.165) is 0 Å². The van der Waals surface area contributed by atoms with Crippen LogP contribution in [0.5, 0.6) is 0 Å². The average molecular weight is 767 g/mol. The second-order valence-electron chi connectivity index (χ2n) is 17.5. The van der Waals surface area contributed by atoms with Crippen molar-refractivity contribution in [3.8, 4) is 0 Å². The molecule has 0 saturated carbocycles. The number of fused-ring (bicyclic) bond motifs is 1. The van der Waals surface area contributed by atoms with Crippen LogP contribution in [0.2, 0.25) is 41.4 Å². The summed E-state index contributed by atoms with van der Waals surface area (Å²) >= 11 is 13.4. The molecule has 0 unspecified atom stereocenters. The van der Waals surface area contributed by atoms with Gasteiger partial charge in [-0.3, -0.25) is 4.57 Å². The van der Waals surface area contributed by atoms with Crippen LogP contribution in [0.15, 0.2) is 6.33 Å². The lowest BCUT2D eigenvalue weighted by Crippen LogP contribution is -2.52. The minimum Gasteiger partial charge on any atom is -0.443 e. The van der Waals surface area contributed by atoms with Crippen LogP contribution in [0.4, 0.5) is 19.9 Å². The van der Waals surface area contributed by atoms with Crippen molar-refractivity contribution in [2.75, 3.05) is 11.5 Å². The fourth-order valence-corrected chi connectivity index (χ4v) is 7.20. The van der Waals surface area contributed by atoms with Gasteiger partial charge in [-0.1, -0.05) is 64.7 Å². The smallest absolute Gasteiger partial charge is 0.427 e. The molecule has 0 spiro atoms. The normalized spacial score (nSPS) is 22.8. The molecule has 12 nitrogen and oxygen atoms in total. The first-order valence-electron chi connectivity index (χ1n) is 16.3. The van der Waals surface area contributed by atoms with Crippen molar-refractivity contribution in [2.24, 2.45) is 0 Å². The van der Waals surface area contributed by atoms with Gasteiger partial charge in [0.2, 0.25) is 5.95 Å². The molecule has 0 radical (unpaired) electrons. The SMILES string of the molecule is CC(C)(C)OC(=O)N(C(=O)OC(C)(C)C)c1nc(Cl)c2ncn([C@@H]3O[C@H](CO[Si](C)(C)C(C)(C)C)[C@@H](O[Si](C)(C)C(C)(C)C)[C@]3(F)Cl)c2n1. The minimum atomic E-state index is -2.64. The lowest BCUT2D eigenvalue weighted by molar-refractivity contribution is -0.0451. The summed E-state index contributed by atoms with van der Waals surface area (Å²) in [5, 5.41) is -3.25. The maximum Gasteiger partial charge on any atom is 0.427 e. The molecule has 1 fully saturated rings. The highest BCUT2D eigenvalue weighted by atomic mass is 35.5. The molecule has 2 aromatic heterocycles. The molecule has 0 aromatic carbocycles. The highest BCUT2D eigenvalue weighted by molar-refractivity contribution is 6.74. The van der Waals surface area contributed by atoms with Gasteiger partial charge in [0.05, 0.1) is 12.9 Å². The summed E-state index contributed by atoms with van der Waals surface area (Å²) in [6.45, 7) is 30.5. The highest BCUT2D eigenvalue weighted by Crippen LogP contribution is 2.51. The van der Waals surface area contributed by atoms with Gasteiger partial charge in [0.15, 0.2) is 33.7 Å². The Morgan fingerprint density at radius 1 is 0.918 bits per heavy atom. The van der Waals surface area contributed by atoms with Crippen molar-refractivity contribution in [3.63, 3.8) is 0 Å². The van der Waals surface area contributed by atoms with Crippen LogP contribution in [0.3, 0.4) is 0 Å². The van der Waals surface area contributed by atoms with Crippen molar-refractivity contribution in [2.45, 2.75) is 154 Å². The Hall–Kier alpha value is -1.89. The van der Waals surface area contributed by atoms with E-state index in [-0.39, 0.29) is 33.0 Å². The number of anilines is 1. The van der Waals surface area contributed by atoms with E-state index in [1.165, 1.54) is 10.9 Å². The molecule has 1 aliphatic heterocycles. The fraction of sp³-hybridized carbons (Fsp3) is 0.781. The monoisotopic (exact) mass is 765 g/mol. The van der Waals surface area contributed by atoms with Gasteiger partial charge in [0.25, 0.3) is 5.13 Å². The van der Waals surface area contributed by atoms with Crippen LogP contribution in [0.25, 0.3) is 11.2 Å². The maximum absolute atomic E-state index is 17.3. The molecule has 4 atom stereocenters. The molecular weight excluding hydrogens is 712 g/mol. The van der Waals surface area contributed by atoms with Gasteiger partial charge in [-0.25, -0.2) is 19.0 Å². The lowest BCUT2D eigenvalue weighted by atomic mass is 10.1. The van der Waals surface area contributed by atoms with Gasteiger partial charge in [-0.05, 0) is 77.8 Å². The van der Waals surface area contributed by atoms with Crippen LogP contribution in [-0.2, 0) is 23.1 Å². The number of carbonyl (C=O) groups is 2. The number of ether oxygens (including phenoxy) is 3. The lowest BCUT2D eigenvalue weighted by Gasteiger charge is -2.41. The summed E-state index contributed by atoms with van der Waals surface area (Å²) in [5.41, 5.74) is -1.98. The van der Waals surface area contributed by atoms with Crippen LogP contribution < -0.4 is 4.90 Å². The quantitative estimate of drug-likeness (QED) is 0.153. The van der Waals surface area contributed by atoms with Crippen molar-refractivity contribution in [1.29, 1.82) is 0 Å². The standard InChI is InChI=1S/C32H54Cl2FN5O7Si2/c1-28(2,3)45-26(41)40(27(42)46-29(4,5)6)25-37-22(33)20-23(38-25)39(18-36-20)24-32(34,35)21(47-49(15,16)31(10,11)12)19(44-24)17-43-48(13,14)30(7,8)9/h18-19,21,24H,17H2,1-16H3/t19-,21-,24-,32-/m1/s1. The zero-order valence-electron chi connectivity index (χ0n) is 31.7. The molecule has 1 saturated heterocycles. The average Bonchev–Trinajstić information content (AvgIpc) is 3.37. The van der Waals surface area contributed by atoms with Gasteiger partial charge in [-0.15, -0.1) is 4.90 Å². The molecule has 3 heterocycles. The van der Waals surface area contributed by atoms with E-state index < -0.39 is 69.5 Å². The summed E-state index contributed by atoms with van der Waals surface area (Å²) in [6, 6.07) is 0. The van der Waals surface area contributed by atoms with E-state index in [4.69, 9.17) is 46.3 Å². The molecule has 0 bridgehead atoms. The number of nitrogens with zero attached hydrogens (tertiary/aromatic N) is 5. The third-order valence-corrected chi connectivity index (χ3v) is 18.6. The van der Waals surface area contributed by atoms with Crippen LogP contribution in [0.1, 0.15) is 89.3 Å². The number of halogens is 3. The van der Waals surface area contributed by atoms with Gasteiger partial charge in [0.1, 0.15) is 28.9 Å². The predicted octanol–water partition coefficient (Wildman–Crippen LogP) is 9.37. The first-order valence-corrected chi connectivity index (χ1v) is 22.9. The predicted molar refractivity (Wildman–Crippen MR) is 194 cm³/mol. The second-order valence-corrected chi connectivity index (χ2v) is 28.0. The molecule has 0 aliphatic carbocycles. The van der Waals surface area contributed by atoms with E-state index in [9.17, 15) is 9.59 Å². The van der Waals surface area contributed by atoms with E-state index in [1.54, 1.807) is 41.5 Å². The molecule has 49 heavy (non-hydrogen) atoms. The molecular formula is C32H54Cl2FN5O7Si2. The van der Waals surface area contributed by atoms with Crippen LogP contribution in [0, 0.1) is 0 Å². The number of carbonyl (C=O) groups excluding carboxylic acids is 2. The largest absolute Gasteiger partial charge is 0.443 e. The van der Waals surface area contributed by atoms with E-state index in [1.807, 2.05) is 33.9 Å². The minimum absolute atomic E-state index is 0.0311. The maximum atomic E-state index is 17.3. The molecule has 17 heteroatoms. The number of hydrogen-bond donors (Lipinski definition) is 0. The third-order valence-electron chi connectivity index (χ3n) is 8.96. The molecule has 3 rings (SSSR count). The molecule has 278 valence electrons. The fourth-order valence-electron chi connectivity index (χ4n) is 4.25. The second kappa shape index (κ2) is 13.6. The first kappa shape index (κ1) is 41.5. The Bertz CT molecular complexity index is 1520. The summed E-state index contributed by atoms with van der Waals surface area (Å²) < 4.78 is 49.0. The number of imide groups is 1.